The molecule has 11 heavy (non-hydrogen) atoms. The number of hydrogen-bond acceptors (Lipinski definition) is 3. The summed E-state index contributed by atoms with van der Waals surface area (Å²) in [6.45, 7) is 0. The molecule has 1 aromatic rings. The number of hydrogen-bond donors (Lipinski definition) is 2. The first-order valence-electron chi connectivity index (χ1n) is 2.74. The monoisotopic (exact) mass is 192 g/mol. The first kappa shape index (κ1) is 8.52. The Hall–Kier alpha value is -0.580. The summed E-state index contributed by atoms with van der Waals surface area (Å²) in [5.41, 5.74) is 0. The van der Waals surface area contributed by atoms with Crippen LogP contribution in [0.15, 0.2) is 17.5 Å². The molecule has 0 aromatic carbocycles. The van der Waals surface area contributed by atoms with Crippen LogP contribution >= 0.6 is 22.9 Å². The van der Waals surface area contributed by atoms with Gasteiger partial charge >= 0.3 is 5.97 Å². The third-order valence-electron chi connectivity index (χ3n) is 1.13. The van der Waals surface area contributed by atoms with Gasteiger partial charge < -0.3 is 10.2 Å². The highest BCUT2D eigenvalue weighted by Crippen LogP contribution is 2.29. The average Bonchev–Trinajstić information content (AvgIpc) is 2.37. The van der Waals surface area contributed by atoms with E-state index >= 15 is 0 Å². The van der Waals surface area contributed by atoms with Crippen LogP contribution in [0.25, 0.3) is 0 Å². The molecule has 0 saturated heterocycles. The summed E-state index contributed by atoms with van der Waals surface area (Å²) in [7, 11) is 0. The molecule has 1 rings (SSSR count). The van der Waals surface area contributed by atoms with Crippen LogP contribution in [0.3, 0.4) is 0 Å². The Kier molecular flexibility index (Phi) is 2.17. The van der Waals surface area contributed by atoms with Gasteiger partial charge in [0.15, 0.2) is 0 Å². The molecule has 0 aliphatic rings. The van der Waals surface area contributed by atoms with E-state index in [1.165, 1.54) is 6.07 Å². The zero-order valence-electron chi connectivity index (χ0n) is 5.32. The fraction of sp³-hybridized carbons (Fsp3) is 0.167. The number of carboxylic acid groups (broad SMARTS) is 1. The third kappa shape index (κ3) is 1.53. The number of thiophene rings is 1. The SMILES string of the molecule is O=C(O)[C@](O)(Cl)c1cccs1. The topological polar surface area (TPSA) is 57.5 Å². The van der Waals surface area contributed by atoms with Gasteiger partial charge in [-0.05, 0) is 11.4 Å². The predicted molar refractivity (Wildman–Crippen MR) is 41.7 cm³/mol. The summed E-state index contributed by atoms with van der Waals surface area (Å²) in [4.78, 5) is 10.6. The number of aliphatic hydroxyl groups is 1. The van der Waals surface area contributed by atoms with E-state index in [2.05, 4.69) is 0 Å². The summed E-state index contributed by atoms with van der Waals surface area (Å²) < 4.78 is 0. The Morgan fingerprint density at radius 3 is 2.73 bits per heavy atom. The van der Waals surface area contributed by atoms with Crippen molar-refractivity contribution in [2.75, 3.05) is 0 Å². The molecule has 5 heteroatoms. The number of alkyl halides is 1. The van der Waals surface area contributed by atoms with Crippen LogP contribution in [0, 0.1) is 0 Å². The lowest BCUT2D eigenvalue weighted by Crippen LogP contribution is -2.27. The van der Waals surface area contributed by atoms with Crippen molar-refractivity contribution in [2.24, 2.45) is 0 Å². The largest absolute Gasteiger partial charge is 0.478 e. The number of carboxylic acids is 1. The summed E-state index contributed by atoms with van der Waals surface area (Å²) in [6, 6.07) is 3.09. The Labute approximate surface area is 71.9 Å². The predicted octanol–water partition coefficient (Wildman–Crippen LogP) is 1.22. The van der Waals surface area contributed by atoms with Crippen LogP contribution in [0.2, 0.25) is 0 Å². The maximum atomic E-state index is 10.3. The van der Waals surface area contributed by atoms with Crippen LogP contribution in [0.4, 0.5) is 0 Å². The number of carbonyl (C=O) groups is 1. The quantitative estimate of drug-likeness (QED) is 0.693. The van der Waals surface area contributed by atoms with Crippen molar-refractivity contribution in [3.8, 4) is 0 Å². The molecular weight excluding hydrogens is 188 g/mol. The Bertz CT molecular complexity index is 255. The molecule has 1 atom stereocenters. The molecule has 1 aromatic heterocycles. The highest BCUT2D eigenvalue weighted by atomic mass is 35.5. The summed E-state index contributed by atoms with van der Waals surface area (Å²) in [5, 5.41) is 16.9. The van der Waals surface area contributed by atoms with Crippen molar-refractivity contribution in [1.29, 1.82) is 0 Å². The van der Waals surface area contributed by atoms with E-state index in [0.29, 0.717) is 0 Å². The highest BCUT2D eigenvalue weighted by Gasteiger charge is 2.36. The molecule has 0 aliphatic carbocycles. The fourth-order valence-electron chi connectivity index (χ4n) is 0.572. The molecule has 3 nitrogen and oxygen atoms in total. The molecule has 0 amide bonds. The lowest BCUT2D eigenvalue weighted by Gasteiger charge is -2.11. The molecule has 0 fully saturated rings. The molecule has 0 aliphatic heterocycles. The van der Waals surface area contributed by atoms with Crippen molar-refractivity contribution < 1.29 is 15.0 Å². The maximum absolute atomic E-state index is 10.3. The third-order valence-corrected chi connectivity index (χ3v) is 2.59. The van der Waals surface area contributed by atoms with Gasteiger partial charge in [-0.3, -0.25) is 0 Å². The summed E-state index contributed by atoms with van der Waals surface area (Å²) in [6.07, 6.45) is 0. The normalized spacial score (nSPS) is 15.8. The van der Waals surface area contributed by atoms with Crippen LogP contribution in [0.5, 0.6) is 0 Å². The fourth-order valence-corrected chi connectivity index (χ4v) is 1.47. The van der Waals surface area contributed by atoms with Crippen LogP contribution < -0.4 is 0 Å². The second-order valence-corrected chi connectivity index (χ2v) is 3.40. The zero-order valence-corrected chi connectivity index (χ0v) is 6.89. The minimum absolute atomic E-state index is 0.215. The van der Waals surface area contributed by atoms with E-state index in [0.717, 1.165) is 11.3 Å². The Morgan fingerprint density at radius 1 is 1.73 bits per heavy atom. The van der Waals surface area contributed by atoms with Crippen molar-refractivity contribution in [3.05, 3.63) is 22.4 Å². The first-order valence-corrected chi connectivity index (χ1v) is 3.99. The van der Waals surface area contributed by atoms with Crippen LogP contribution in [0.1, 0.15) is 4.88 Å². The molecule has 1 heterocycles. The van der Waals surface area contributed by atoms with Gasteiger partial charge in [-0.25, -0.2) is 4.79 Å². The maximum Gasteiger partial charge on any atom is 0.357 e. The van der Waals surface area contributed by atoms with E-state index in [1.54, 1.807) is 11.4 Å². The van der Waals surface area contributed by atoms with Gasteiger partial charge in [0, 0.05) is 0 Å². The van der Waals surface area contributed by atoms with E-state index in [-0.39, 0.29) is 4.88 Å². The molecule has 0 unspecified atom stereocenters. The highest BCUT2D eigenvalue weighted by molar-refractivity contribution is 7.10. The smallest absolute Gasteiger partial charge is 0.357 e. The summed E-state index contributed by atoms with van der Waals surface area (Å²) in [5.74, 6) is -1.46. The van der Waals surface area contributed by atoms with Crippen LogP contribution in [-0.4, -0.2) is 16.2 Å². The summed E-state index contributed by atoms with van der Waals surface area (Å²) >= 11 is 6.40. The van der Waals surface area contributed by atoms with E-state index in [9.17, 15) is 4.79 Å². The van der Waals surface area contributed by atoms with Gasteiger partial charge in [0.2, 0.25) is 0 Å². The van der Waals surface area contributed by atoms with Crippen molar-refractivity contribution in [2.45, 2.75) is 5.06 Å². The van der Waals surface area contributed by atoms with Crippen LogP contribution in [-0.2, 0) is 9.85 Å². The minimum atomic E-state index is -2.27. The molecule has 0 bridgehead atoms. The number of aliphatic carboxylic acids is 1. The molecule has 2 N–H and O–H groups in total. The lowest BCUT2D eigenvalue weighted by atomic mass is 10.3. The van der Waals surface area contributed by atoms with Gasteiger partial charge in [0.1, 0.15) is 0 Å². The van der Waals surface area contributed by atoms with E-state index in [4.69, 9.17) is 21.8 Å². The average molecular weight is 193 g/mol. The standard InChI is InChI=1S/C6H5ClO3S/c7-6(10,5(8)9)4-2-1-3-11-4/h1-3,10H,(H,8,9)/t6-/m0/s1. The Balaban J connectivity index is 3.00. The molecule has 0 saturated carbocycles. The Morgan fingerprint density at radius 2 is 2.36 bits per heavy atom. The van der Waals surface area contributed by atoms with Crippen molar-refractivity contribution in [1.82, 2.24) is 0 Å². The molecular formula is C6H5ClO3S. The van der Waals surface area contributed by atoms with Gasteiger partial charge in [-0.1, -0.05) is 17.7 Å². The van der Waals surface area contributed by atoms with E-state index in [1.807, 2.05) is 0 Å². The molecule has 0 spiro atoms. The van der Waals surface area contributed by atoms with Gasteiger partial charge in [-0.2, -0.15) is 0 Å². The second-order valence-electron chi connectivity index (χ2n) is 1.90. The van der Waals surface area contributed by atoms with Crippen molar-refractivity contribution in [3.63, 3.8) is 0 Å². The zero-order chi connectivity index (χ0) is 8.48. The second kappa shape index (κ2) is 2.81. The van der Waals surface area contributed by atoms with Gasteiger partial charge in [0.05, 0.1) is 4.88 Å². The number of rotatable bonds is 2. The lowest BCUT2D eigenvalue weighted by molar-refractivity contribution is -0.150. The van der Waals surface area contributed by atoms with E-state index < -0.39 is 11.0 Å². The molecule has 0 radical (unpaired) electrons. The van der Waals surface area contributed by atoms with Gasteiger partial charge in [-0.15, -0.1) is 11.3 Å². The number of halogens is 1. The van der Waals surface area contributed by atoms with Crippen molar-refractivity contribution >= 4 is 28.9 Å². The first-order chi connectivity index (χ1) is 5.05. The van der Waals surface area contributed by atoms with Gasteiger partial charge in [0.25, 0.3) is 5.06 Å². The molecule has 60 valence electrons. The minimum Gasteiger partial charge on any atom is -0.478 e.